The average molecular weight is 423 g/mol. The lowest BCUT2D eigenvalue weighted by atomic mass is 9.83. The molecular weight excluding hydrogens is 376 g/mol. The SMILES string of the molecule is CC(C)CCCCCCCCCCCCCCCOC(=O)C1CC=CCC1C(=O)O. The molecule has 2 unspecified atom stereocenters. The molecule has 4 nitrogen and oxygen atoms in total. The summed E-state index contributed by atoms with van der Waals surface area (Å²) in [4.78, 5) is 23.4. The fourth-order valence-corrected chi connectivity index (χ4v) is 4.23. The van der Waals surface area contributed by atoms with Gasteiger partial charge in [-0.25, -0.2) is 0 Å². The van der Waals surface area contributed by atoms with Crippen LogP contribution >= 0.6 is 0 Å². The van der Waals surface area contributed by atoms with Crippen LogP contribution in [0.2, 0.25) is 0 Å². The van der Waals surface area contributed by atoms with Crippen LogP contribution in [-0.4, -0.2) is 23.7 Å². The Kier molecular flexibility index (Phi) is 15.5. The van der Waals surface area contributed by atoms with Gasteiger partial charge < -0.3 is 9.84 Å². The van der Waals surface area contributed by atoms with Gasteiger partial charge in [-0.1, -0.05) is 109 Å². The van der Waals surface area contributed by atoms with Crippen LogP contribution in [0, 0.1) is 17.8 Å². The maximum absolute atomic E-state index is 12.2. The monoisotopic (exact) mass is 422 g/mol. The van der Waals surface area contributed by atoms with Crippen LogP contribution in [-0.2, 0) is 14.3 Å². The molecule has 174 valence electrons. The minimum Gasteiger partial charge on any atom is -0.481 e. The van der Waals surface area contributed by atoms with Gasteiger partial charge in [-0.05, 0) is 25.2 Å². The summed E-state index contributed by atoms with van der Waals surface area (Å²) < 4.78 is 5.34. The number of hydrogen-bond donors (Lipinski definition) is 1. The molecule has 1 aliphatic carbocycles. The Balaban J connectivity index is 1.86. The second-order valence-corrected chi connectivity index (χ2v) is 9.44. The van der Waals surface area contributed by atoms with Gasteiger partial charge in [0.15, 0.2) is 0 Å². The van der Waals surface area contributed by atoms with E-state index in [1.807, 2.05) is 12.2 Å². The molecule has 0 aliphatic heterocycles. The molecule has 1 aliphatic rings. The zero-order valence-corrected chi connectivity index (χ0v) is 19.6. The second kappa shape index (κ2) is 17.4. The topological polar surface area (TPSA) is 63.6 Å². The summed E-state index contributed by atoms with van der Waals surface area (Å²) in [6, 6.07) is 0. The van der Waals surface area contributed by atoms with Gasteiger partial charge in [-0.15, -0.1) is 0 Å². The summed E-state index contributed by atoms with van der Waals surface area (Å²) in [6.07, 6.45) is 22.8. The Hall–Kier alpha value is -1.32. The van der Waals surface area contributed by atoms with Gasteiger partial charge in [-0.3, -0.25) is 9.59 Å². The van der Waals surface area contributed by atoms with E-state index in [0.29, 0.717) is 19.4 Å². The molecule has 0 heterocycles. The third-order valence-electron chi connectivity index (χ3n) is 6.22. The van der Waals surface area contributed by atoms with E-state index < -0.39 is 17.8 Å². The molecule has 0 saturated heterocycles. The van der Waals surface area contributed by atoms with Gasteiger partial charge in [0.25, 0.3) is 0 Å². The number of carbonyl (C=O) groups is 2. The Morgan fingerprint density at radius 1 is 0.767 bits per heavy atom. The Morgan fingerprint density at radius 3 is 1.67 bits per heavy atom. The third-order valence-corrected chi connectivity index (χ3v) is 6.22. The van der Waals surface area contributed by atoms with Crippen LogP contribution < -0.4 is 0 Å². The first-order chi connectivity index (χ1) is 14.5. The lowest BCUT2D eigenvalue weighted by Crippen LogP contribution is -2.32. The van der Waals surface area contributed by atoms with Crippen molar-refractivity contribution >= 4 is 11.9 Å². The minimum atomic E-state index is -0.900. The fourth-order valence-electron chi connectivity index (χ4n) is 4.23. The van der Waals surface area contributed by atoms with Crippen LogP contribution in [0.25, 0.3) is 0 Å². The van der Waals surface area contributed by atoms with E-state index in [4.69, 9.17) is 4.74 Å². The van der Waals surface area contributed by atoms with Gasteiger partial charge in [0.05, 0.1) is 18.4 Å². The normalized spacial score (nSPS) is 18.6. The number of carbonyl (C=O) groups excluding carboxylic acids is 1. The summed E-state index contributed by atoms with van der Waals surface area (Å²) >= 11 is 0. The molecule has 0 spiro atoms. The van der Waals surface area contributed by atoms with Crippen molar-refractivity contribution in [3.05, 3.63) is 12.2 Å². The number of aliphatic carboxylic acids is 1. The Labute approximate surface area is 184 Å². The molecule has 0 amide bonds. The highest BCUT2D eigenvalue weighted by Gasteiger charge is 2.34. The highest BCUT2D eigenvalue weighted by molar-refractivity contribution is 5.81. The molecule has 1 rings (SSSR count). The smallest absolute Gasteiger partial charge is 0.310 e. The van der Waals surface area contributed by atoms with E-state index in [1.165, 1.54) is 77.0 Å². The number of hydrogen-bond acceptors (Lipinski definition) is 3. The standard InChI is InChI=1S/C26H46O4/c1-22(2)18-14-12-10-8-6-4-3-5-7-9-11-13-17-21-30-26(29)24-20-16-15-19-23(24)25(27)28/h15-16,22-24H,3-14,17-21H2,1-2H3,(H,27,28). The fraction of sp³-hybridized carbons (Fsp3) is 0.846. The van der Waals surface area contributed by atoms with E-state index in [1.54, 1.807) is 0 Å². The predicted octanol–water partition coefficient (Wildman–Crippen LogP) is 7.31. The Bertz CT molecular complexity index is 483. The predicted molar refractivity (Wildman–Crippen MR) is 123 cm³/mol. The summed E-state index contributed by atoms with van der Waals surface area (Å²) in [5.41, 5.74) is 0. The molecule has 4 heteroatoms. The summed E-state index contributed by atoms with van der Waals surface area (Å²) in [5.74, 6) is -1.54. The van der Waals surface area contributed by atoms with Crippen molar-refractivity contribution in [1.29, 1.82) is 0 Å². The summed E-state index contributed by atoms with van der Waals surface area (Å²) in [6.45, 7) is 5.04. The lowest BCUT2D eigenvalue weighted by molar-refractivity contribution is -0.158. The van der Waals surface area contributed by atoms with Gasteiger partial charge >= 0.3 is 11.9 Å². The number of allylic oxidation sites excluding steroid dienone is 2. The third kappa shape index (κ3) is 13.1. The molecule has 0 radical (unpaired) electrons. The molecule has 1 N–H and O–H groups in total. The average Bonchev–Trinajstić information content (AvgIpc) is 2.73. The van der Waals surface area contributed by atoms with Crippen molar-refractivity contribution in [2.75, 3.05) is 6.61 Å². The minimum absolute atomic E-state index is 0.341. The van der Waals surface area contributed by atoms with E-state index in [9.17, 15) is 14.7 Å². The lowest BCUT2D eigenvalue weighted by Gasteiger charge is -2.23. The van der Waals surface area contributed by atoms with E-state index >= 15 is 0 Å². The van der Waals surface area contributed by atoms with E-state index in [0.717, 1.165) is 18.8 Å². The number of carboxylic acids is 1. The Morgan fingerprint density at radius 2 is 1.20 bits per heavy atom. The maximum atomic E-state index is 12.2. The molecule has 2 atom stereocenters. The van der Waals surface area contributed by atoms with Gasteiger partial charge in [0, 0.05) is 0 Å². The zero-order valence-electron chi connectivity index (χ0n) is 19.6. The van der Waals surface area contributed by atoms with Crippen LogP contribution in [0.4, 0.5) is 0 Å². The van der Waals surface area contributed by atoms with Crippen molar-refractivity contribution < 1.29 is 19.4 Å². The van der Waals surface area contributed by atoms with E-state index in [2.05, 4.69) is 13.8 Å². The number of unbranched alkanes of at least 4 members (excludes halogenated alkanes) is 12. The van der Waals surface area contributed by atoms with Crippen LogP contribution in [0.15, 0.2) is 12.2 Å². The number of rotatable bonds is 18. The van der Waals surface area contributed by atoms with Crippen LogP contribution in [0.3, 0.4) is 0 Å². The molecular formula is C26H46O4. The second-order valence-electron chi connectivity index (χ2n) is 9.44. The van der Waals surface area contributed by atoms with Crippen LogP contribution in [0.5, 0.6) is 0 Å². The molecule has 30 heavy (non-hydrogen) atoms. The first-order valence-electron chi connectivity index (χ1n) is 12.6. The molecule has 0 aromatic rings. The number of carboxylic acid groups (broad SMARTS) is 1. The summed E-state index contributed by atoms with van der Waals surface area (Å²) in [5, 5.41) is 9.24. The zero-order chi connectivity index (χ0) is 22.0. The van der Waals surface area contributed by atoms with Crippen molar-refractivity contribution in [3.63, 3.8) is 0 Å². The molecule has 0 fully saturated rings. The van der Waals surface area contributed by atoms with Crippen LogP contribution in [0.1, 0.15) is 117 Å². The van der Waals surface area contributed by atoms with Crippen molar-refractivity contribution in [2.45, 2.75) is 117 Å². The van der Waals surface area contributed by atoms with Gasteiger partial charge in [-0.2, -0.15) is 0 Å². The number of ether oxygens (including phenoxy) is 1. The highest BCUT2D eigenvalue weighted by Crippen LogP contribution is 2.27. The molecule has 0 saturated carbocycles. The number of esters is 1. The quantitative estimate of drug-likeness (QED) is 0.143. The maximum Gasteiger partial charge on any atom is 0.310 e. The van der Waals surface area contributed by atoms with Gasteiger partial charge in [0.2, 0.25) is 0 Å². The highest BCUT2D eigenvalue weighted by atomic mass is 16.5. The van der Waals surface area contributed by atoms with Crippen molar-refractivity contribution in [1.82, 2.24) is 0 Å². The molecule has 0 bridgehead atoms. The van der Waals surface area contributed by atoms with E-state index in [-0.39, 0.29) is 5.97 Å². The van der Waals surface area contributed by atoms with Gasteiger partial charge in [0.1, 0.15) is 0 Å². The molecule has 0 aromatic heterocycles. The van der Waals surface area contributed by atoms with Crippen molar-refractivity contribution in [2.24, 2.45) is 17.8 Å². The molecule has 0 aromatic carbocycles. The summed E-state index contributed by atoms with van der Waals surface area (Å²) in [7, 11) is 0. The first kappa shape index (κ1) is 26.7. The largest absolute Gasteiger partial charge is 0.481 e. The van der Waals surface area contributed by atoms with Crippen molar-refractivity contribution in [3.8, 4) is 0 Å². The first-order valence-corrected chi connectivity index (χ1v) is 12.6.